The van der Waals surface area contributed by atoms with Crippen LogP contribution in [0.5, 0.6) is 5.75 Å². The van der Waals surface area contributed by atoms with Crippen LogP contribution in [0.25, 0.3) is 22.0 Å². The van der Waals surface area contributed by atoms with Crippen LogP contribution in [-0.2, 0) is 13.7 Å². The quantitative estimate of drug-likeness (QED) is 0.341. The standard InChI is InChI=1S/C25H19ClN4O2S/c1-30-21(15-32-20-14-8-6-12-18(20)26)28-29-25(30)33-23-22(16-9-3-2-4-10-16)17-11-5-7-13-19(17)27-24(23)31/h2-14H,15H2,1H3,(H,27,31). The molecule has 0 radical (unpaired) electrons. The van der Waals surface area contributed by atoms with Crippen LogP contribution in [0.15, 0.2) is 93.7 Å². The van der Waals surface area contributed by atoms with Crippen molar-refractivity contribution in [2.24, 2.45) is 7.05 Å². The summed E-state index contributed by atoms with van der Waals surface area (Å²) < 4.78 is 7.63. The minimum atomic E-state index is -0.172. The molecule has 0 saturated carbocycles. The highest BCUT2D eigenvalue weighted by atomic mass is 35.5. The van der Waals surface area contributed by atoms with E-state index in [1.165, 1.54) is 11.8 Å². The number of para-hydroxylation sites is 2. The first-order valence-electron chi connectivity index (χ1n) is 10.3. The summed E-state index contributed by atoms with van der Waals surface area (Å²) in [5.41, 5.74) is 2.45. The van der Waals surface area contributed by atoms with Gasteiger partial charge in [0.05, 0.1) is 9.92 Å². The Balaban J connectivity index is 1.52. The molecule has 0 aliphatic heterocycles. The molecule has 0 saturated heterocycles. The highest BCUT2D eigenvalue weighted by molar-refractivity contribution is 7.99. The second kappa shape index (κ2) is 9.13. The minimum absolute atomic E-state index is 0.172. The number of rotatable bonds is 6. The van der Waals surface area contributed by atoms with Crippen LogP contribution in [0.3, 0.4) is 0 Å². The smallest absolute Gasteiger partial charge is 0.263 e. The van der Waals surface area contributed by atoms with Crippen molar-refractivity contribution in [2.75, 3.05) is 0 Å². The van der Waals surface area contributed by atoms with Crippen molar-refractivity contribution in [1.82, 2.24) is 19.7 Å². The van der Waals surface area contributed by atoms with Gasteiger partial charge in [-0.3, -0.25) is 4.79 Å². The van der Waals surface area contributed by atoms with Crippen LogP contribution < -0.4 is 10.3 Å². The second-order valence-electron chi connectivity index (χ2n) is 7.35. The lowest BCUT2D eigenvalue weighted by Gasteiger charge is -2.12. The van der Waals surface area contributed by atoms with E-state index >= 15 is 0 Å². The maximum Gasteiger partial charge on any atom is 0.263 e. The van der Waals surface area contributed by atoms with Gasteiger partial charge in [0.15, 0.2) is 11.0 Å². The lowest BCUT2D eigenvalue weighted by molar-refractivity contribution is 0.290. The molecule has 3 aromatic carbocycles. The number of aromatic amines is 1. The topological polar surface area (TPSA) is 72.8 Å². The number of fused-ring (bicyclic) bond motifs is 1. The molecular formula is C25H19ClN4O2S. The van der Waals surface area contributed by atoms with Gasteiger partial charge in [0, 0.05) is 23.5 Å². The van der Waals surface area contributed by atoms with Gasteiger partial charge in [0.2, 0.25) is 0 Å². The Kier molecular flexibility index (Phi) is 5.90. The van der Waals surface area contributed by atoms with Crippen molar-refractivity contribution >= 4 is 34.3 Å². The molecule has 5 rings (SSSR count). The molecule has 164 valence electrons. The molecule has 0 unspecified atom stereocenters. The third kappa shape index (κ3) is 4.25. The average Bonchev–Trinajstić information content (AvgIpc) is 3.18. The molecule has 8 heteroatoms. The van der Waals surface area contributed by atoms with Gasteiger partial charge >= 0.3 is 0 Å². The average molecular weight is 475 g/mol. The summed E-state index contributed by atoms with van der Waals surface area (Å²) in [6, 6.07) is 25.0. The zero-order chi connectivity index (χ0) is 22.8. The zero-order valence-corrected chi connectivity index (χ0v) is 19.2. The lowest BCUT2D eigenvalue weighted by Crippen LogP contribution is -2.11. The fourth-order valence-corrected chi connectivity index (χ4v) is 4.74. The number of pyridine rings is 1. The van der Waals surface area contributed by atoms with E-state index in [9.17, 15) is 4.79 Å². The fraction of sp³-hybridized carbons (Fsp3) is 0.0800. The van der Waals surface area contributed by atoms with E-state index < -0.39 is 0 Å². The molecular weight excluding hydrogens is 456 g/mol. The van der Waals surface area contributed by atoms with Crippen LogP contribution in [0, 0.1) is 0 Å². The maximum absolute atomic E-state index is 13.1. The Labute approximate surface area is 199 Å². The highest BCUT2D eigenvalue weighted by Gasteiger charge is 2.19. The van der Waals surface area contributed by atoms with Gasteiger partial charge in [0.25, 0.3) is 5.56 Å². The van der Waals surface area contributed by atoms with E-state index in [2.05, 4.69) is 15.2 Å². The molecule has 0 spiro atoms. The Hall–Kier alpha value is -3.55. The molecule has 0 fully saturated rings. The molecule has 33 heavy (non-hydrogen) atoms. The summed E-state index contributed by atoms with van der Waals surface area (Å²) in [6.45, 7) is 0.202. The molecule has 0 aliphatic rings. The van der Waals surface area contributed by atoms with Crippen LogP contribution in [0.2, 0.25) is 5.02 Å². The molecule has 5 aromatic rings. The summed E-state index contributed by atoms with van der Waals surface area (Å²) in [4.78, 5) is 16.7. The van der Waals surface area contributed by atoms with Gasteiger partial charge in [-0.1, -0.05) is 72.3 Å². The van der Waals surface area contributed by atoms with E-state index in [0.29, 0.717) is 26.6 Å². The highest BCUT2D eigenvalue weighted by Crippen LogP contribution is 2.37. The van der Waals surface area contributed by atoms with E-state index in [0.717, 1.165) is 22.0 Å². The number of aromatic nitrogens is 4. The van der Waals surface area contributed by atoms with Gasteiger partial charge < -0.3 is 14.3 Å². The second-order valence-corrected chi connectivity index (χ2v) is 8.73. The normalized spacial score (nSPS) is 11.1. The molecule has 0 bridgehead atoms. The van der Waals surface area contributed by atoms with Crippen molar-refractivity contribution in [3.05, 3.63) is 100 Å². The van der Waals surface area contributed by atoms with Crippen molar-refractivity contribution in [3.8, 4) is 16.9 Å². The predicted octanol–water partition coefficient (Wildman–Crippen LogP) is 5.71. The molecule has 6 nitrogen and oxygen atoms in total. The van der Waals surface area contributed by atoms with Crippen LogP contribution in [0.1, 0.15) is 5.82 Å². The molecule has 0 atom stereocenters. The van der Waals surface area contributed by atoms with Crippen LogP contribution in [-0.4, -0.2) is 19.7 Å². The van der Waals surface area contributed by atoms with E-state index in [-0.39, 0.29) is 12.2 Å². The first kappa shape index (κ1) is 21.3. The monoisotopic (exact) mass is 474 g/mol. The van der Waals surface area contributed by atoms with Crippen molar-refractivity contribution in [2.45, 2.75) is 16.7 Å². The molecule has 2 heterocycles. The van der Waals surface area contributed by atoms with Crippen LogP contribution in [0.4, 0.5) is 0 Å². The summed E-state index contributed by atoms with van der Waals surface area (Å²) in [5.74, 6) is 1.20. The molecule has 1 N–H and O–H groups in total. The summed E-state index contributed by atoms with van der Waals surface area (Å²) in [5, 5.41) is 10.7. The van der Waals surface area contributed by atoms with E-state index in [1.807, 2.05) is 78.3 Å². The first-order chi connectivity index (χ1) is 16.1. The molecule has 0 aliphatic carbocycles. The number of benzene rings is 3. The van der Waals surface area contributed by atoms with Gasteiger partial charge in [-0.15, -0.1) is 10.2 Å². The molecule has 2 aromatic heterocycles. The van der Waals surface area contributed by atoms with Crippen molar-refractivity contribution < 1.29 is 4.74 Å². The predicted molar refractivity (Wildman–Crippen MR) is 131 cm³/mol. The van der Waals surface area contributed by atoms with Crippen molar-refractivity contribution in [3.63, 3.8) is 0 Å². The fourth-order valence-electron chi connectivity index (χ4n) is 3.57. The van der Waals surface area contributed by atoms with E-state index in [4.69, 9.17) is 16.3 Å². The van der Waals surface area contributed by atoms with E-state index in [1.54, 1.807) is 12.1 Å². The Morgan fingerprint density at radius 2 is 1.70 bits per heavy atom. The maximum atomic E-state index is 13.1. The largest absolute Gasteiger partial charge is 0.484 e. The van der Waals surface area contributed by atoms with Gasteiger partial charge in [-0.2, -0.15) is 0 Å². The van der Waals surface area contributed by atoms with Gasteiger partial charge in [-0.05, 0) is 35.5 Å². The summed E-state index contributed by atoms with van der Waals surface area (Å²) >= 11 is 7.46. The number of halogens is 1. The summed E-state index contributed by atoms with van der Waals surface area (Å²) in [6.07, 6.45) is 0. The Morgan fingerprint density at radius 3 is 2.52 bits per heavy atom. The number of hydrogen-bond donors (Lipinski definition) is 1. The van der Waals surface area contributed by atoms with Gasteiger partial charge in [0.1, 0.15) is 12.4 Å². The number of ether oxygens (including phenoxy) is 1. The first-order valence-corrected chi connectivity index (χ1v) is 11.4. The van der Waals surface area contributed by atoms with Crippen molar-refractivity contribution in [1.29, 1.82) is 0 Å². The molecule has 0 amide bonds. The number of nitrogens with one attached hydrogen (secondary N) is 1. The minimum Gasteiger partial charge on any atom is -0.484 e. The lowest BCUT2D eigenvalue weighted by atomic mass is 10.0. The number of hydrogen-bond acceptors (Lipinski definition) is 5. The SMILES string of the molecule is Cn1c(COc2ccccc2Cl)nnc1Sc1c(-c2ccccc2)c2ccccc2[nH]c1=O. The summed E-state index contributed by atoms with van der Waals surface area (Å²) in [7, 11) is 1.85. The Bertz CT molecular complexity index is 1500. The number of nitrogens with zero attached hydrogens (tertiary/aromatic N) is 3. The third-order valence-electron chi connectivity index (χ3n) is 5.25. The zero-order valence-electron chi connectivity index (χ0n) is 17.7. The number of H-pyrrole nitrogens is 1. The van der Waals surface area contributed by atoms with Crippen LogP contribution >= 0.6 is 23.4 Å². The Morgan fingerprint density at radius 1 is 0.970 bits per heavy atom. The third-order valence-corrected chi connectivity index (χ3v) is 6.70. The van der Waals surface area contributed by atoms with Gasteiger partial charge in [-0.25, -0.2) is 0 Å².